The molecule has 1 atom stereocenters. The highest BCUT2D eigenvalue weighted by molar-refractivity contribution is 6.42. The minimum absolute atomic E-state index is 0.0663. The maximum atomic E-state index is 11.9. The van der Waals surface area contributed by atoms with E-state index in [1.165, 1.54) is 6.07 Å². The second-order valence-corrected chi connectivity index (χ2v) is 5.02. The fourth-order valence-electron chi connectivity index (χ4n) is 1.84. The van der Waals surface area contributed by atoms with Crippen molar-refractivity contribution >= 4 is 35.0 Å². The zero-order valence-electron chi connectivity index (χ0n) is 9.74. The number of nitrogens with one attached hydrogen (secondary N) is 1. The van der Waals surface area contributed by atoms with E-state index in [1.807, 2.05) is 0 Å². The highest BCUT2D eigenvalue weighted by atomic mass is 35.5. The van der Waals surface area contributed by atoms with Gasteiger partial charge in [-0.25, -0.2) is 0 Å². The Hall–Kier alpha value is -1.26. The van der Waals surface area contributed by atoms with Gasteiger partial charge in [-0.05, 0) is 24.6 Å². The molecule has 1 saturated heterocycles. The van der Waals surface area contributed by atoms with Gasteiger partial charge in [0.15, 0.2) is 0 Å². The lowest BCUT2D eigenvalue weighted by Crippen LogP contribution is -2.40. The van der Waals surface area contributed by atoms with E-state index < -0.39 is 6.04 Å². The third-order valence-corrected chi connectivity index (χ3v) is 3.65. The minimum atomic E-state index is -0.447. The first-order valence-corrected chi connectivity index (χ1v) is 6.25. The van der Waals surface area contributed by atoms with Crippen LogP contribution in [0.15, 0.2) is 18.2 Å². The number of likely N-dealkylation sites (tertiary alicyclic amines) is 1. The number of likely N-dealkylation sites (N-methyl/N-ethyl adjacent to an activating group) is 1. The Morgan fingerprint density at radius 2 is 2.11 bits per heavy atom. The molecule has 6 heteroatoms. The maximum Gasteiger partial charge on any atom is 0.251 e. The van der Waals surface area contributed by atoms with Crippen LogP contribution in [0.5, 0.6) is 0 Å². The maximum absolute atomic E-state index is 11.9. The van der Waals surface area contributed by atoms with Crippen molar-refractivity contribution in [2.45, 2.75) is 12.5 Å². The molecule has 0 aliphatic carbocycles. The zero-order chi connectivity index (χ0) is 13.3. The van der Waals surface area contributed by atoms with Crippen LogP contribution in [0.2, 0.25) is 10.0 Å². The molecule has 1 aromatic rings. The molecule has 4 nitrogen and oxygen atoms in total. The van der Waals surface area contributed by atoms with Gasteiger partial charge in [0.1, 0.15) is 6.04 Å². The van der Waals surface area contributed by atoms with Crippen LogP contribution in [0.3, 0.4) is 0 Å². The van der Waals surface area contributed by atoms with Gasteiger partial charge in [-0.1, -0.05) is 23.2 Å². The van der Waals surface area contributed by atoms with Crippen LogP contribution in [0.1, 0.15) is 16.8 Å². The highest BCUT2D eigenvalue weighted by Gasteiger charge is 2.30. The third kappa shape index (κ3) is 2.60. The predicted molar refractivity (Wildman–Crippen MR) is 70.0 cm³/mol. The van der Waals surface area contributed by atoms with Gasteiger partial charge >= 0.3 is 0 Å². The van der Waals surface area contributed by atoms with Gasteiger partial charge < -0.3 is 10.2 Å². The van der Waals surface area contributed by atoms with Crippen molar-refractivity contribution in [1.29, 1.82) is 0 Å². The number of rotatable bonds is 2. The summed E-state index contributed by atoms with van der Waals surface area (Å²) >= 11 is 11.6. The molecule has 1 unspecified atom stereocenters. The molecule has 1 aliphatic rings. The predicted octanol–water partition coefficient (Wildman–Crippen LogP) is 1.95. The second-order valence-electron chi connectivity index (χ2n) is 4.20. The molecule has 1 aromatic carbocycles. The summed E-state index contributed by atoms with van der Waals surface area (Å²) in [6.45, 7) is 0.658. The van der Waals surface area contributed by atoms with Gasteiger partial charge in [0.2, 0.25) is 5.91 Å². The van der Waals surface area contributed by atoms with E-state index in [1.54, 1.807) is 24.1 Å². The number of benzene rings is 1. The van der Waals surface area contributed by atoms with E-state index >= 15 is 0 Å². The van der Waals surface area contributed by atoms with Crippen molar-refractivity contribution in [3.05, 3.63) is 33.8 Å². The van der Waals surface area contributed by atoms with Crippen molar-refractivity contribution in [3.8, 4) is 0 Å². The summed E-state index contributed by atoms with van der Waals surface area (Å²) < 4.78 is 0. The summed E-state index contributed by atoms with van der Waals surface area (Å²) in [5.74, 6) is -0.384. The molecule has 2 amide bonds. The molecule has 0 bridgehead atoms. The average molecular weight is 287 g/mol. The lowest BCUT2D eigenvalue weighted by atomic mass is 10.2. The molecule has 0 saturated carbocycles. The number of hydrogen-bond acceptors (Lipinski definition) is 2. The molecule has 0 radical (unpaired) electrons. The van der Waals surface area contributed by atoms with E-state index in [0.717, 1.165) is 0 Å². The van der Waals surface area contributed by atoms with E-state index in [4.69, 9.17) is 23.2 Å². The van der Waals surface area contributed by atoms with Crippen molar-refractivity contribution < 1.29 is 9.59 Å². The van der Waals surface area contributed by atoms with Gasteiger partial charge in [0.05, 0.1) is 10.0 Å². The number of nitrogens with zero attached hydrogens (tertiary/aromatic N) is 1. The Morgan fingerprint density at radius 1 is 1.39 bits per heavy atom. The van der Waals surface area contributed by atoms with Crippen molar-refractivity contribution in [3.63, 3.8) is 0 Å². The topological polar surface area (TPSA) is 49.4 Å². The molecule has 1 heterocycles. The average Bonchev–Trinajstić information content (AvgIpc) is 2.64. The van der Waals surface area contributed by atoms with Crippen LogP contribution in [0.4, 0.5) is 0 Å². The first kappa shape index (κ1) is 13.2. The Morgan fingerprint density at radius 3 is 2.67 bits per heavy atom. The zero-order valence-corrected chi connectivity index (χ0v) is 11.3. The van der Waals surface area contributed by atoms with Crippen LogP contribution in [0.25, 0.3) is 0 Å². The lowest BCUT2D eigenvalue weighted by Gasteiger charge is -2.12. The summed E-state index contributed by atoms with van der Waals surface area (Å²) in [6, 6.07) is 4.17. The largest absolute Gasteiger partial charge is 0.344 e. The smallest absolute Gasteiger partial charge is 0.251 e. The molecular formula is C12H12Cl2N2O2. The first-order chi connectivity index (χ1) is 8.49. The van der Waals surface area contributed by atoms with Crippen LogP contribution in [0, 0.1) is 0 Å². The van der Waals surface area contributed by atoms with Crippen molar-refractivity contribution in [1.82, 2.24) is 10.2 Å². The van der Waals surface area contributed by atoms with Crippen LogP contribution < -0.4 is 5.32 Å². The Bertz CT molecular complexity index is 505. The normalized spacial score (nSPS) is 19.2. The summed E-state index contributed by atoms with van der Waals surface area (Å²) in [7, 11) is 1.72. The van der Waals surface area contributed by atoms with Crippen LogP contribution in [-0.4, -0.2) is 36.3 Å². The van der Waals surface area contributed by atoms with Crippen molar-refractivity contribution in [2.75, 3.05) is 13.6 Å². The number of halogens is 2. The molecule has 1 N–H and O–H groups in total. The lowest BCUT2D eigenvalue weighted by molar-refractivity contribution is -0.128. The van der Waals surface area contributed by atoms with Crippen LogP contribution >= 0.6 is 23.2 Å². The molecule has 0 aromatic heterocycles. The van der Waals surface area contributed by atoms with Gasteiger partial charge in [0, 0.05) is 19.2 Å². The van der Waals surface area contributed by atoms with Gasteiger partial charge in [0.25, 0.3) is 5.91 Å². The third-order valence-electron chi connectivity index (χ3n) is 2.91. The molecular weight excluding hydrogens is 275 g/mol. The number of carbonyl (C=O) groups is 2. The standard InChI is InChI=1S/C12H12Cl2N2O2/c1-16-5-4-10(12(16)18)15-11(17)7-2-3-8(13)9(14)6-7/h2-3,6,10H,4-5H2,1H3,(H,15,17). The summed E-state index contributed by atoms with van der Waals surface area (Å²) in [5, 5.41) is 3.40. The number of carbonyl (C=O) groups excluding carboxylic acids is 2. The van der Waals surface area contributed by atoms with E-state index in [2.05, 4.69) is 5.32 Å². The van der Waals surface area contributed by atoms with E-state index in [-0.39, 0.29) is 11.8 Å². The monoisotopic (exact) mass is 286 g/mol. The molecule has 1 aliphatic heterocycles. The summed E-state index contributed by atoms with van der Waals surface area (Å²) in [4.78, 5) is 25.2. The fourth-order valence-corrected chi connectivity index (χ4v) is 2.13. The molecule has 0 spiro atoms. The molecule has 1 fully saturated rings. The highest BCUT2D eigenvalue weighted by Crippen LogP contribution is 2.22. The van der Waals surface area contributed by atoms with Gasteiger partial charge in [-0.2, -0.15) is 0 Å². The molecule has 2 rings (SSSR count). The Balaban J connectivity index is 2.08. The minimum Gasteiger partial charge on any atom is -0.344 e. The van der Waals surface area contributed by atoms with Crippen molar-refractivity contribution in [2.24, 2.45) is 0 Å². The van der Waals surface area contributed by atoms with Gasteiger partial charge in [-0.15, -0.1) is 0 Å². The summed E-state index contributed by atoms with van der Waals surface area (Å²) in [5.41, 5.74) is 0.395. The number of hydrogen-bond donors (Lipinski definition) is 1. The Kier molecular flexibility index (Phi) is 3.78. The second kappa shape index (κ2) is 5.16. The molecule has 96 valence electrons. The molecule has 18 heavy (non-hydrogen) atoms. The quantitative estimate of drug-likeness (QED) is 0.904. The van der Waals surface area contributed by atoms with E-state index in [9.17, 15) is 9.59 Å². The Labute approximate surface area is 115 Å². The van der Waals surface area contributed by atoms with Crippen LogP contribution in [-0.2, 0) is 4.79 Å². The first-order valence-electron chi connectivity index (χ1n) is 5.50. The fraction of sp³-hybridized carbons (Fsp3) is 0.333. The summed E-state index contributed by atoms with van der Waals surface area (Å²) in [6.07, 6.45) is 0.627. The van der Waals surface area contributed by atoms with Gasteiger partial charge in [-0.3, -0.25) is 9.59 Å². The number of amides is 2. The van der Waals surface area contributed by atoms with E-state index in [0.29, 0.717) is 28.6 Å². The SMILES string of the molecule is CN1CCC(NC(=O)c2ccc(Cl)c(Cl)c2)C1=O.